The largest absolute Gasteiger partial charge is 0.487 e. The Balaban J connectivity index is 2.17. The number of nitrogens with two attached hydrogens (primary N) is 1. The molecular weight excluding hydrogens is 317 g/mol. The number of nitro benzene ring substituents is 1. The summed E-state index contributed by atoms with van der Waals surface area (Å²) in [6.07, 6.45) is 0. The van der Waals surface area contributed by atoms with Crippen LogP contribution in [0.15, 0.2) is 36.4 Å². The predicted molar refractivity (Wildman–Crippen MR) is 81.7 cm³/mol. The van der Waals surface area contributed by atoms with Crippen molar-refractivity contribution >= 4 is 34.6 Å². The van der Waals surface area contributed by atoms with Gasteiger partial charge in [0.25, 0.3) is 5.69 Å². The van der Waals surface area contributed by atoms with E-state index in [0.717, 1.165) is 0 Å². The summed E-state index contributed by atoms with van der Waals surface area (Å²) < 4.78 is 5.55. The van der Waals surface area contributed by atoms with Crippen LogP contribution >= 0.6 is 23.2 Å². The van der Waals surface area contributed by atoms with Crippen LogP contribution in [0.5, 0.6) is 5.75 Å². The third-order valence-electron chi connectivity index (χ3n) is 2.70. The van der Waals surface area contributed by atoms with Gasteiger partial charge in [0.05, 0.1) is 9.95 Å². The van der Waals surface area contributed by atoms with Gasteiger partial charge in [0.1, 0.15) is 18.0 Å². The summed E-state index contributed by atoms with van der Waals surface area (Å²) in [4.78, 5) is 10.3. The van der Waals surface area contributed by atoms with Crippen molar-refractivity contribution in [2.24, 2.45) is 5.84 Å². The first-order chi connectivity index (χ1) is 10.0. The molecule has 2 aromatic rings. The van der Waals surface area contributed by atoms with E-state index in [0.29, 0.717) is 21.4 Å². The summed E-state index contributed by atoms with van der Waals surface area (Å²) in [5, 5.41) is 11.7. The number of halogens is 2. The highest BCUT2D eigenvalue weighted by molar-refractivity contribution is 6.34. The first-order valence-corrected chi connectivity index (χ1v) is 6.58. The highest BCUT2D eigenvalue weighted by Gasteiger charge is 2.13. The summed E-state index contributed by atoms with van der Waals surface area (Å²) in [5.74, 6) is 5.71. The van der Waals surface area contributed by atoms with Gasteiger partial charge in [-0.05, 0) is 29.8 Å². The number of hydrogen-bond acceptors (Lipinski definition) is 5. The molecular formula is C13H11Cl2N3O3. The number of hydrazine groups is 1. The summed E-state index contributed by atoms with van der Waals surface area (Å²) in [7, 11) is 0. The molecule has 2 rings (SSSR count). The summed E-state index contributed by atoms with van der Waals surface area (Å²) in [5.41, 5.74) is 3.09. The van der Waals surface area contributed by atoms with Crippen molar-refractivity contribution in [3.63, 3.8) is 0 Å². The fraction of sp³-hybridized carbons (Fsp3) is 0.0769. The van der Waals surface area contributed by atoms with Crippen molar-refractivity contribution in [3.05, 3.63) is 62.1 Å². The van der Waals surface area contributed by atoms with Crippen molar-refractivity contribution < 1.29 is 9.66 Å². The number of rotatable bonds is 5. The van der Waals surface area contributed by atoms with E-state index in [1.165, 1.54) is 12.1 Å². The smallest absolute Gasteiger partial charge is 0.293 e. The third kappa shape index (κ3) is 3.75. The van der Waals surface area contributed by atoms with Crippen molar-refractivity contribution in [1.82, 2.24) is 0 Å². The predicted octanol–water partition coefficient (Wildman–Crippen LogP) is 3.77. The van der Waals surface area contributed by atoms with Crippen LogP contribution in [0.1, 0.15) is 5.56 Å². The highest BCUT2D eigenvalue weighted by atomic mass is 35.5. The van der Waals surface area contributed by atoms with Gasteiger partial charge in [-0.2, -0.15) is 0 Å². The second kappa shape index (κ2) is 6.62. The Bertz CT molecular complexity index is 680. The normalized spacial score (nSPS) is 10.2. The number of nitrogen functional groups attached to an aromatic ring is 1. The number of nitrogens with zero attached hydrogens (tertiary/aromatic N) is 1. The molecule has 0 bridgehead atoms. The van der Waals surface area contributed by atoms with Crippen molar-refractivity contribution in [2.45, 2.75) is 6.61 Å². The number of benzene rings is 2. The lowest BCUT2D eigenvalue weighted by atomic mass is 10.2. The zero-order chi connectivity index (χ0) is 15.4. The standard InChI is InChI=1S/C13H11Cl2N3O3/c14-9-2-3-10(15)13(6-9)21-7-8-1-4-12(18(19)20)11(5-8)17-16/h1-6,17H,7,16H2. The molecule has 0 aliphatic carbocycles. The van der Waals surface area contributed by atoms with E-state index in [1.54, 1.807) is 24.3 Å². The molecule has 0 saturated carbocycles. The minimum atomic E-state index is -0.520. The van der Waals surface area contributed by atoms with Crippen molar-refractivity contribution in [2.75, 3.05) is 5.43 Å². The lowest BCUT2D eigenvalue weighted by Crippen LogP contribution is -2.10. The van der Waals surface area contributed by atoms with Gasteiger partial charge >= 0.3 is 0 Å². The summed E-state index contributed by atoms with van der Waals surface area (Å²) in [6.45, 7) is 0.173. The van der Waals surface area contributed by atoms with Gasteiger partial charge in [0.15, 0.2) is 0 Å². The molecule has 0 atom stereocenters. The van der Waals surface area contributed by atoms with E-state index < -0.39 is 4.92 Å². The van der Waals surface area contributed by atoms with Crippen LogP contribution in [-0.4, -0.2) is 4.92 Å². The van der Waals surface area contributed by atoms with Crippen LogP contribution in [0.4, 0.5) is 11.4 Å². The monoisotopic (exact) mass is 327 g/mol. The van der Waals surface area contributed by atoms with Crippen molar-refractivity contribution in [1.29, 1.82) is 0 Å². The van der Waals surface area contributed by atoms with Gasteiger partial charge in [0, 0.05) is 17.2 Å². The van der Waals surface area contributed by atoms with Gasteiger partial charge in [-0.1, -0.05) is 23.2 Å². The fourth-order valence-corrected chi connectivity index (χ4v) is 2.03. The van der Waals surface area contributed by atoms with Crippen LogP contribution in [0, 0.1) is 10.1 Å². The first-order valence-electron chi connectivity index (χ1n) is 5.83. The van der Waals surface area contributed by atoms with Gasteiger partial charge in [-0.3, -0.25) is 16.0 Å². The van der Waals surface area contributed by atoms with Gasteiger partial charge in [-0.15, -0.1) is 0 Å². The molecule has 2 aromatic carbocycles. The van der Waals surface area contributed by atoms with Gasteiger partial charge < -0.3 is 10.2 Å². The van der Waals surface area contributed by atoms with E-state index >= 15 is 0 Å². The maximum absolute atomic E-state index is 10.8. The molecule has 21 heavy (non-hydrogen) atoms. The minimum Gasteiger partial charge on any atom is -0.487 e. The molecule has 0 radical (unpaired) electrons. The average molecular weight is 328 g/mol. The Morgan fingerprint density at radius 3 is 2.67 bits per heavy atom. The van der Waals surface area contributed by atoms with E-state index in [1.807, 2.05) is 0 Å². The Kier molecular flexibility index (Phi) is 4.85. The Hall–Kier alpha value is -2.02. The zero-order valence-corrected chi connectivity index (χ0v) is 12.2. The maximum Gasteiger partial charge on any atom is 0.293 e. The molecule has 0 heterocycles. The van der Waals surface area contributed by atoms with Crippen molar-refractivity contribution in [3.8, 4) is 5.75 Å². The Morgan fingerprint density at radius 1 is 1.24 bits per heavy atom. The SMILES string of the molecule is NNc1cc(COc2cc(Cl)ccc2Cl)ccc1[N+](=O)[O-]. The maximum atomic E-state index is 10.8. The van der Waals surface area contributed by atoms with Gasteiger partial charge in [0.2, 0.25) is 0 Å². The fourth-order valence-electron chi connectivity index (χ4n) is 1.70. The second-order valence-electron chi connectivity index (χ2n) is 4.12. The van der Waals surface area contributed by atoms with Crippen LogP contribution in [0.2, 0.25) is 10.0 Å². The molecule has 6 nitrogen and oxygen atoms in total. The topological polar surface area (TPSA) is 90.4 Å². The number of anilines is 1. The van der Waals surface area contributed by atoms with Crippen LogP contribution in [0.3, 0.4) is 0 Å². The molecule has 0 fully saturated rings. The van der Waals surface area contributed by atoms with E-state index in [2.05, 4.69) is 5.43 Å². The number of nitro groups is 1. The number of hydrogen-bond donors (Lipinski definition) is 2. The molecule has 0 amide bonds. The number of nitrogens with one attached hydrogen (secondary N) is 1. The molecule has 0 aliphatic rings. The quantitative estimate of drug-likeness (QED) is 0.495. The zero-order valence-electron chi connectivity index (χ0n) is 10.7. The minimum absolute atomic E-state index is 0.109. The lowest BCUT2D eigenvalue weighted by Gasteiger charge is -2.10. The molecule has 8 heteroatoms. The molecule has 0 saturated heterocycles. The number of ether oxygens (including phenoxy) is 1. The molecule has 110 valence electrons. The highest BCUT2D eigenvalue weighted by Crippen LogP contribution is 2.29. The average Bonchev–Trinajstić information content (AvgIpc) is 2.47. The molecule has 0 spiro atoms. The molecule has 0 aliphatic heterocycles. The third-order valence-corrected chi connectivity index (χ3v) is 3.25. The Morgan fingerprint density at radius 2 is 2.00 bits per heavy atom. The van der Waals surface area contributed by atoms with Crippen LogP contribution in [0.25, 0.3) is 0 Å². The molecule has 3 N–H and O–H groups in total. The van der Waals surface area contributed by atoms with E-state index in [9.17, 15) is 10.1 Å². The van der Waals surface area contributed by atoms with Crippen LogP contribution < -0.4 is 16.0 Å². The van der Waals surface area contributed by atoms with Crippen LogP contribution in [-0.2, 0) is 6.61 Å². The first kappa shape index (κ1) is 15.4. The molecule has 0 unspecified atom stereocenters. The lowest BCUT2D eigenvalue weighted by molar-refractivity contribution is -0.384. The van der Waals surface area contributed by atoms with E-state index in [-0.39, 0.29) is 18.0 Å². The second-order valence-corrected chi connectivity index (χ2v) is 4.96. The Labute approximate surface area is 130 Å². The summed E-state index contributed by atoms with van der Waals surface area (Å²) in [6, 6.07) is 9.35. The van der Waals surface area contributed by atoms with Gasteiger partial charge in [-0.25, -0.2) is 0 Å². The molecule has 0 aromatic heterocycles. The summed E-state index contributed by atoms with van der Waals surface area (Å²) >= 11 is 11.8. The van der Waals surface area contributed by atoms with E-state index in [4.69, 9.17) is 33.8 Å².